The van der Waals surface area contributed by atoms with Crippen LogP contribution in [0.3, 0.4) is 0 Å². The van der Waals surface area contributed by atoms with Crippen LogP contribution < -0.4 is 0 Å². The number of sulfonamides is 1. The van der Waals surface area contributed by atoms with E-state index in [1.165, 1.54) is 0 Å². The molecule has 62 valence electrons. The molecule has 0 saturated carbocycles. The molecule has 0 aliphatic carbocycles. The van der Waals surface area contributed by atoms with Gasteiger partial charge in [-0.15, -0.1) is 0 Å². The predicted molar refractivity (Wildman–Crippen MR) is 42.7 cm³/mol. The lowest BCUT2D eigenvalue weighted by Gasteiger charge is -2.10. The van der Waals surface area contributed by atoms with Crippen molar-refractivity contribution in [3.63, 3.8) is 0 Å². The maximum absolute atomic E-state index is 11.5. The van der Waals surface area contributed by atoms with E-state index in [0.29, 0.717) is 13.0 Å². The largest absolute Gasteiger partial charge is 0.217 e. The fourth-order valence-corrected chi connectivity index (χ4v) is 3.48. The monoisotopic (exact) mass is 173 g/mol. The van der Waals surface area contributed by atoms with E-state index in [2.05, 4.69) is 0 Å². The summed E-state index contributed by atoms with van der Waals surface area (Å²) in [6.45, 7) is 1.30. The van der Waals surface area contributed by atoms with Crippen LogP contribution in [0, 0.1) is 0 Å². The Balaban J connectivity index is 2.40. The number of allylic oxidation sites excluding steroid dienone is 1. The molecule has 2 rings (SSSR count). The van der Waals surface area contributed by atoms with Gasteiger partial charge in [0, 0.05) is 13.1 Å². The van der Waals surface area contributed by atoms with Gasteiger partial charge in [0.15, 0.2) is 0 Å². The zero-order chi connectivity index (χ0) is 7.90. The van der Waals surface area contributed by atoms with Crippen LogP contribution in [0.15, 0.2) is 12.2 Å². The quantitative estimate of drug-likeness (QED) is 0.496. The highest BCUT2D eigenvalue weighted by molar-refractivity contribution is 7.90. The molecular formula is C7H11NO2S. The van der Waals surface area contributed by atoms with Crippen molar-refractivity contribution >= 4 is 10.0 Å². The van der Waals surface area contributed by atoms with E-state index >= 15 is 0 Å². The van der Waals surface area contributed by atoms with E-state index in [4.69, 9.17) is 0 Å². The van der Waals surface area contributed by atoms with Gasteiger partial charge in [-0.05, 0) is 12.8 Å². The molecule has 0 spiro atoms. The molecule has 0 aromatic carbocycles. The molecular weight excluding hydrogens is 162 g/mol. The van der Waals surface area contributed by atoms with Crippen molar-refractivity contribution in [3.05, 3.63) is 12.2 Å². The summed E-state index contributed by atoms with van der Waals surface area (Å²) in [6, 6.07) is 0. The molecule has 0 N–H and O–H groups in total. The van der Waals surface area contributed by atoms with Gasteiger partial charge in [0.1, 0.15) is 0 Å². The minimum atomic E-state index is -2.89. The van der Waals surface area contributed by atoms with Gasteiger partial charge in [-0.3, -0.25) is 0 Å². The van der Waals surface area contributed by atoms with Gasteiger partial charge in [-0.2, -0.15) is 4.31 Å². The van der Waals surface area contributed by atoms with Crippen molar-refractivity contribution < 1.29 is 8.42 Å². The van der Waals surface area contributed by atoms with Crippen LogP contribution in [-0.4, -0.2) is 31.1 Å². The lowest BCUT2D eigenvalue weighted by Crippen LogP contribution is -2.27. The Morgan fingerprint density at radius 3 is 3.00 bits per heavy atom. The molecule has 0 aromatic heterocycles. The number of nitrogens with zero attached hydrogens (tertiary/aromatic N) is 1. The molecule has 0 radical (unpaired) electrons. The lowest BCUT2D eigenvalue weighted by molar-refractivity contribution is 0.478. The highest BCUT2D eigenvalue weighted by atomic mass is 32.2. The first kappa shape index (κ1) is 7.31. The molecule has 0 aromatic rings. The number of hydrogen-bond donors (Lipinski definition) is 0. The molecule has 0 amide bonds. The van der Waals surface area contributed by atoms with Crippen LogP contribution in [0.4, 0.5) is 0 Å². The second-order valence-electron chi connectivity index (χ2n) is 3.02. The fourth-order valence-electron chi connectivity index (χ4n) is 1.65. The van der Waals surface area contributed by atoms with Gasteiger partial charge in [-0.1, -0.05) is 12.2 Å². The third kappa shape index (κ3) is 1.01. The molecule has 1 unspecified atom stereocenters. The molecule has 2 heterocycles. The fraction of sp³-hybridized carbons (Fsp3) is 0.714. The van der Waals surface area contributed by atoms with Crippen molar-refractivity contribution in [3.8, 4) is 0 Å². The topological polar surface area (TPSA) is 37.4 Å². The Hall–Kier alpha value is -0.350. The van der Waals surface area contributed by atoms with Crippen LogP contribution in [-0.2, 0) is 10.0 Å². The molecule has 4 heteroatoms. The van der Waals surface area contributed by atoms with Crippen molar-refractivity contribution in [2.75, 3.05) is 13.1 Å². The van der Waals surface area contributed by atoms with E-state index in [1.807, 2.05) is 12.2 Å². The summed E-state index contributed by atoms with van der Waals surface area (Å²) >= 11 is 0. The zero-order valence-corrected chi connectivity index (χ0v) is 7.05. The summed E-state index contributed by atoms with van der Waals surface area (Å²) in [7, 11) is -2.89. The minimum absolute atomic E-state index is 0.124. The lowest BCUT2D eigenvalue weighted by atomic mass is 10.2. The number of hydrogen-bond acceptors (Lipinski definition) is 2. The third-order valence-electron chi connectivity index (χ3n) is 2.36. The highest BCUT2D eigenvalue weighted by Gasteiger charge is 2.38. The van der Waals surface area contributed by atoms with Gasteiger partial charge >= 0.3 is 0 Å². The first-order valence-electron chi connectivity index (χ1n) is 3.85. The third-order valence-corrected chi connectivity index (χ3v) is 4.68. The summed E-state index contributed by atoms with van der Waals surface area (Å²) in [5.41, 5.74) is 0. The average Bonchev–Trinajstić information content (AvgIpc) is 2.00. The van der Waals surface area contributed by atoms with Gasteiger partial charge in [0.2, 0.25) is 10.0 Å². The minimum Gasteiger partial charge on any atom is -0.212 e. The van der Waals surface area contributed by atoms with Crippen LogP contribution in [0.1, 0.15) is 12.8 Å². The summed E-state index contributed by atoms with van der Waals surface area (Å²) in [5, 5.41) is -0.124. The van der Waals surface area contributed by atoms with E-state index in [9.17, 15) is 8.42 Å². The molecule has 2 aliphatic rings. The van der Waals surface area contributed by atoms with E-state index in [1.54, 1.807) is 4.31 Å². The first-order valence-corrected chi connectivity index (χ1v) is 5.35. The van der Waals surface area contributed by atoms with Gasteiger partial charge < -0.3 is 0 Å². The number of rotatable bonds is 0. The van der Waals surface area contributed by atoms with Crippen molar-refractivity contribution in [1.29, 1.82) is 0 Å². The second kappa shape index (κ2) is 2.32. The molecule has 1 saturated heterocycles. The summed E-state index contributed by atoms with van der Waals surface area (Å²) < 4.78 is 24.5. The Morgan fingerprint density at radius 2 is 2.18 bits per heavy atom. The van der Waals surface area contributed by atoms with Gasteiger partial charge in [0.05, 0.1) is 5.25 Å². The van der Waals surface area contributed by atoms with E-state index in [-0.39, 0.29) is 5.25 Å². The Morgan fingerprint density at radius 1 is 1.36 bits per heavy atom. The van der Waals surface area contributed by atoms with Crippen LogP contribution >= 0.6 is 0 Å². The molecule has 2 aliphatic heterocycles. The highest BCUT2D eigenvalue weighted by Crippen LogP contribution is 2.26. The smallest absolute Gasteiger partial charge is 0.212 e. The summed E-state index contributed by atoms with van der Waals surface area (Å²) in [6.07, 6.45) is 5.43. The van der Waals surface area contributed by atoms with E-state index < -0.39 is 10.0 Å². The molecule has 2 bridgehead atoms. The number of fused-ring (bicyclic) bond motifs is 2. The Bertz CT molecular complexity index is 259. The molecule has 3 nitrogen and oxygen atoms in total. The average molecular weight is 173 g/mol. The maximum atomic E-state index is 11.5. The van der Waals surface area contributed by atoms with Crippen LogP contribution in [0.25, 0.3) is 0 Å². The Kier molecular flexibility index (Phi) is 1.54. The maximum Gasteiger partial charge on any atom is 0.217 e. The standard InChI is InChI=1S/C7H11NO2S/c9-11(10)7-3-1-2-5-8(11)6-4-7/h1-2,7H,3-6H2/t7-/m0/s1. The molecule has 11 heavy (non-hydrogen) atoms. The van der Waals surface area contributed by atoms with Crippen LogP contribution in [0.2, 0.25) is 0 Å². The molecule has 1 fully saturated rings. The van der Waals surface area contributed by atoms with E-state index in [0.717, 1.165) is 13.0 Å². The van der Waals surface area contributed by atoms with Crippen molar-refractivity contribution in [2.45, 2.75) is 18.1 Å². The van der Waals surface area contributed by atoms with Gasteiger partial charge in [0.25, 0.3) is 0 Å². The summed E-state index contributed by atoms with van der Waals surface area (Å²) in [5.74, 6) is 0. The SMILES string of the molecule is O=S1(=O)[C@H]2CC=CCN1CC2. The summed E-state index contributed by atoms with van der Waals surface area (Å²) in [4.78, 5) is 0. The zero-order valence-electron chi connectivity index (χ0n) is 6.23. The first-order chi connectivity index (χ1) is 5.21. The Labute approximate surface area is 66.7 Å². The van der Waals surface area contributed by atoms with Gasteiger partial charge in [-0.25, -0.2) is 8.42 Å². The van der Waals surface area contributed by atoms with Crippen molar-refractivity contribution in [2.24, 2.45) is 0 Å². The van der Waals surface area contributed by atoms with Crippen LogP contribution in [0.5, 0.6) is 0 Å². The second-order valence-corrected chi connectivity index (χ2v) is 5.23. The normalized spacial score (nSPS) is 40.4. The predicted octanol–water partition coefficient (Wildman–Crippen LogP) is 0.350. The molecule has 2 atom stereocenters. The van der Waals surface area contributed by atoms with Crippen molar-refractivity contribution in [1.82, 2.24) is 4.31 Å².